The monoisotopic (exact) mass is 763 g/mol. The summed E-state index contributed by atoms with van der Waals surface area (Å²) < 4.78 is 26.2. The van der Waals surface area contributed by atoms with E-state index in [0.717, 1.165) is 49.5 Å². The Labute approximate surface area is 260 Å². The van der Waals surface area contributed by atoms with E-state index in [-0.39, 0.29) is 22.8 Å². The summed E-state index contributed by atoms with van der Waals surface area (Å²) in [6.07, 6.45) is 12.0. The minimum Gasteiger partial charge on any atom is -0.461 e. The van der Waals surface area contributed by atoms with E-state index in [1.54, 1.807) is 9.42 Å². The van der Waals surface area contributed by atoms with Crippen molar-refractivity contribution in [3.8, 4) is 29.6 Å². The van der Waals surface area contributed by atoms with E-state index in [4.69, 9.17) is 22.0 Å². The molecule has 0 unspecified atom stereocenters. The largest absolute Gasteiger partial charge is 0.461 e. The van der Waals surface area contributed by atoms with Crippen molar-refractivity contribution in [2.45, 2.75) is 31.2 Å². The first-order valence-corrected chi connectivity index (χ1v) is 15.2. The van der Waals surface area contributed by atoms with E-state index >= 15 is 4.39 Å². The molecule has 0 atom stereocenters. The van der Waals surface area contributed by atoms with E-state index < -0.39 is 5.82 Å². The van der Waals surface area contributed by atoms with Gasteiger partial charge in [-0.15, -0.1) is 6.42 Å². The lowest BCUT2D eigenvalue weighted by molar-refractivity contribution is 0.108. The molecule has 2 fully saturated rings. The van der Waals surface area contributed by atoms with Crippen molar-refractivity contribution >= 4 is 73.2 Å². The van der Waals surface area contributed by atoms with Gasteiger partial charge in [-0.25, -0.2) is 4.39 Å². The van der Waals surface area contributed by atoms with Gasteiger partial charge in [0, 0.05) is 58.7 Å². The van der Waals surface area contributed by atoms with Gasteiger partial charge < -0.3 is 4.74 Å². The van der Waals surface area contributed by atoms with Crippen molar-refractivity contribution in [3.63, 3.8) is 0 Å². The lowest BCUT2D eigenvalue weighted by Gasteiger charge is -2.31. The SMILES string of the molecule is C#Cc1cccc2cccc(-c3ncc4c(N(I)CCN(N)I)nc(OCC56CCCN5CCC6)nc4c3F)c12. The van der Waals surface area contributed by atoms with Crippen LogP contribution >= 0.6 is 45.7 Å². The summed E-state index contributed by atoms with van der Waals surface area (Å²) in [6.45, 7) is 3.80. The Morgan fingerprint density at radius 1 is 1.10 bits per heavy atom. The van der Waals surface area contributed by atoms with Crippen LogP contribution in [0.5, 0.6) is 6.01 Å². The smallest absolute Gasteiger partial charge is 0.319 e. The number of anilines is 1. The van der Waals surface area contributed by atoms with E-state index in [9.17, 15) is 0 Å². The number of pyridine rings is 1. The number of halogens is 3. The highest BCUT2D eigenvalue weighted by Crippen LogP contribution is 2.40. The van der Waals surface area contributed by atoms with Gasteiger partial charge in [-0.05, 0) is 50.2 Å². The Bertz CT molecular complexity index is 1610. The molecule has 0 amide bonds. The lowest BCUT2D eigenvalue weighted by atomic mass is 9.95. The molecule has 40 heavy (non-hydrogen) atoms. The van der Waals surface area contributed by atoms with Crippen LogP contribution < -0.4 is 13.7 Å². The number of hydrogen-bond donors (Lipinski definition) is 1. The molecule has 2 aromatic heterocycles. The molecular formula is C29H28FI2N7O. The zero-order valence-corrected chi connectivity index (χ0v) is 26.1. The zero-order valence-electron chi connectivity index (χ0n) is 21.8. The van der Waals surface area contributed by atoms with Gasteiger partial charge in [0.15, 0.2) is 11.6 Å². The highest BCUT2D eigenvalue weighted by Gasteiger charge is 2.45. The number of hydrazine groups is 1. The van der Waals surface area contributed by atoms with Crippen molar-refractivity contribution in [2.24, 2.45) is 5.84 Å². The van der Waals surface area contributed by atoms with Crippen LogP contribution in [0.2, 0.25) is 0 Å². The molecule has 0 bridgehead atoms. The van der Waals surface area contributed by atoms with Crippen LogP contribution in [-0.4, -0.2) is 61.4 Å². The van der Waals surface area contributed by atoms with Gasteiger partial charge in [-0.3, -0.25) is 18.8 Å². The van der Waals surface area contributed by atoms with Gasteiger partial charge in [-0.2, -0.15) is 13.2 Å². The summed E-state index contributed by atoms with van der Waals surface area (Å²) in [4.78, 5) is 16.5. The predicted molar refractivity (Wildman–Crippen MR) is 173 cm³/mol. The topological polar surface area (TPSA) is 83.6 Å². The molecule has 2 N–H and O–H groups in total. The van der Waals surface area contributed by atoms with Gasteiger partial charge in [0.1, 0.15) is 17.8 Å². The maximum absolute atomic E-state index is 16.5. The molecule has 2 aliphatic rings. The van der Waals surface area contributed by atoms with Crippen molar-refractivity contribution in [3.05, 3.63) is 54.0 Å². The molecule has 206 valence electrons. The fraction of sp³-hybridized carbons (Fsp3) is 0.345. The molecule has 11 heteroatoms. The maximum Gasteiger partial charge on any atom is 0.319 e. The molecule has 8 nitrogen and oxygen atoms in total. The molecule has 4 heterocycles. The summed E-state index contributed by atoms with van der Waals surface area (Å²) in [6, 6.07) is 11.6. The van der Waals surface area contributed by atoms with E-state index in [1.165, 1.54) is 0 Å². The van der Waals surface area contributed by atoms with E-state index in [0.29, 0.717) is 42.0 Å². The highest BCUT2D eigenvalue weighted by molar-refractivity contribution is 14.1. The van der Waals surface area contributed by atoms with Crippen molar-refractivity contribution in [1.82, 2.24) is 23.1 Å². The minimum atomic E-state index is -0.536. The molecule has 2 aliphatic heterocycles. The number of fused-ring (bicyclic) bond motifs is 3. The maximum atomic E-state index is 16.5. The minimum absolute atomic E-state index is 0.0142. The third-order valence-electron chi connectivity index (χ3n) is 7.98. The second-order valence-electron chi connectivity index (χ2n) is 10.3. The number of benzene rings is 2. The molecule has 2 aromatic carbocycles. The molecule has 2 saturated heterocycles. The first kappa shape index (κ1) is 27.8. The third kappa shape index (κ3) is 5.09. The van der Waals surface area contributed by atoms with Crippen molar-refractivity contribution in [1.29, 1.82) is 0 Å². The fourth-order valence-corrected chi connectivity index (χ4v) is 6.87. The molecule has 0 radical (unpaired) electrons. The van der Waals surface area contributed by atoms with Gasteiger partial charge in [0.05, 0.1) is 33.8 Å². The van der Waals surface area contributed by atoms with Gasteiger partial charge in [0.2, 0.25) is 0 Å². The Kier molecular flexibility index (Phi) is 7.97. The summed E-state index contributed by atoms with van der Waals surface area (Å²) in [7, 11) is 0. The summed E-state index contributed by atoms with van der Waals surface area (Å²) >= 11 is 4.20. The van der Waals surface area contributed by atoms with E-state index in [1.807, 2.05) is 62.4 Å². The van der Waals surface area contributed by atoms with Gasteiger partial charge >= 0.3 is 6.01 Å². The molecule has 6 rings (SSSR count). The van der Waals surface area contributed by atoms with Crippen LogP contribution in [0.3, 0.4) is 0 Å². The highest BCUT2D eigenvalue weighted by atomic mass is 127. The second-order valence-corrected chi connectivity index (χ2v) is 12.7. The fourth-order valence-electron chi connectivity index (χ4n) is 6.07. The number of rotatable bonds is 8. The summed E-state index contributed by atoms with van der Waals surface area (Å²) in [5.74, 6) is 8.58. The summed E-state index contributed by atoms with van der Waals surface area (Å²) in [5, 5.41) is 2.20. The molecule has 0 aliphatic carbocycles. The second kappa shape index (κ2) is 11.5. The Hall–Kier alpha value is -2.38. The average molecular weight is 763 g/mol. The molecule has 4 aromatic rings. The van der Waals surface area contributed by atoms with Crippen LogP contribution in [0.25, 0.3) is 32.9 Å². The molecule has 0 saturated carbocycles. The molecular weight excluding hydrogens is 735 g/mol. The van der Waals surface area contributed by atoms with Crippen LogP contribution in [0.1, 0.15) is 31.2 Å². The number of ether oxygens (including phenoxy) is 1. The quantitative estimate of drug-likeness (QED) is 0.0811. The number of hydrogen-bond acceptors (Lipinski definition) is 8. The Morgan fingerprint density at radius 2 is 1.85 bits per heavy atom. The normalized spacial score (nSPS) is 16.5. The Morgan fingerprint density at radius 3 is 2.58 bits per heavy atom. The van der Waals surface area contributed by atoms with Crippen LogP contribution in [0.4, 0.5) is 10.2 Å². The predicted octanol–water partition coefficient (Wildman–Crippen LogP) is 5.65. The zero-order chi connectivity index (χ0) is 27.9. The lowest BCUT2D eigenvalue weighted by Crippen LogP contribution is -2.43. The van der Waals surface area contributed by atoms with Crippen LogP contribution in [0, 0.1) is 18.2 Å². The van der Waals surface area contributed by atoms with Crippen molar-refractivity contribution < 1.29 is 9.13 Å². The standard InChI is InChI=1S/C29H28FI2N7O/c1-2-19-7-3-8-20-9-4-10-21(23(19)20)25-24(30)26-22(17-34-25)27(38(31)15-16-39(32)33)36-28(35-26)40-18-29-11-5-13-37(29)14-6-12-29/h1,3-4,7-10,17H,5-6,11-16,18,33H2. The number of nitrogens with two attached hydrogens (primary N) is 1. The molecule has 0 spiro atoms. The van der Waals surface area contributed by atoms with Crippen LogP contribution in [-0.2, 0) is 0 Å². The van der Waals surface area contributed by atoms with Crippen molar-refractivity contribution in [2.75, 3.05) is 35.9 Å². The average Bonchev–Trinajstić information content (AvgIpc) is 3.55. The first-order chi connectivity index (χ1) is 19.4. The number of terminal acetylenes is 1. The number of aromatic nitrogens is 3. The van der Waals surface area contributed by atoms with E-state index in [2.05, 4.69) is 43.7 Å². The number of nitrogens with zero attached hydrogens (tertiary/aromatic N) is 6. The third-order valence-corrected chi connectivity index (χ3v) is 9.40. The summed E-state index contributed by atoms with van der Waals surface area (Å²) in [5.41, 5.74) is 1.67. The Balaban J connectivity index is 1.47. The first-order valence-electron chi connectivity index (χ1n) is 13.2. The van der Waals surface area contributed by atoms with Gasteiger partial charge in [0.25, 0.3) is 0 Å². The van der Waals surface area contributed by atoms with Crippen LogP contribution in [0.15, 0.2) is 42.6 Å². The van der Waals surface area contributed by atoms with Gasteiger partial charge in [-0.1, -0.05) is 36.3 Å².